The van der Waals surface area contributed by atoms with Crippen LogP contribution in [0.3, 0.4) is 0 Å². The summed E-state index contributed by atoms with van der Waals surface area (Å²) in [6.07, 6.45) is 0. The van der Waals surface area contributed by atoms with Crippen LogP contribution in [-0.4, -0.2) is 46.9 Å². The van der Waals surface area contributed by atoms with Crippen LogP contribution >= 0.6 is 0 Å². The summed E-state index contributed by atoms with van der Waals surface area (Å²) in [6.45, 7) is 0.328. The highest BCUT2D eigenvalue weighted by Gasteiger charge is 2.19. The molecule has 8 heteroatoms. The van der Waals surface area contributed by atoms with Gasteiger partial charge in [0.2, 0.25) is 10.0 Å². The van der Waals surface area contributed by atoms with Gasteiger partial charge < -0.3 is 14.6 Å². The van der Waals surface area contributed by atoms with Crippen molar-refractivity contribution in [3.05, 3.63) is 23.8 Å². The van der Waals surface area contributed by atoms with Crippen molar-refractivity contribution in [2.75, 3.05) is 27.4 Å². The fourth-order valence-electron chi connectivity index (χ4n) is 1.32. The van der Waals surface area contributed by atoms with Crippen LogP contribution in [0.4, 0.5) is 0 Å². The number of hydrogen-bond acceptors (Lipinski definition) is 6. The number of benzene rings is 1. The highest BCUT2D eigenvalue weighted by atomic mass is 32.2. The third-order valence-corrected chi connectivity index (χ3v) is 3.74. The molecule has 0 unspecified atom stereocenters. The van der Waals surface area contributed by atoms with Gasteiger partial charge in [0.25, 0.3) is 0 Å². The number of phenolic OH excluding ortho intramolecular Hbond substituents is 1. The van der Waals surface area contributed by atoms with E-state index in [0.717, 1.165) is 19.2 Å². The third kappa shape index (κ3) is 3.91. The fourth-order valence-corrected chi connectivity index (χ4v) is 2.36. The van der Waals surface area contributed by atoms with Crippen molar-refractivity contribution < 1.29 is 27.8 Å². The summed E-state index contributed by atoms with van der Waals surface area (Å²) in [5.41, 5.74) is -0.211. The molecule has 1 rings (SSSR count). The summed E-state index contributed by atoms with van der Waals surface area (Å²) < 4.78 is 35.2. The van der Waals surface area contributed by atoms with E-state index in [1.165, 1.54) is 13.2 Å². The van der Waals surface area contributed by atoms with Crippen LogP contribution < -0.4 is 4.72 Å². The molecule has 0 aliphatic carbocycles. The first-order valence-corrected chi connectivity index (χ1v) is 6.80. The van der Waals surface area contributed by atoms with Gasteiger partial charge in [-0.2, -0.15) is 0 Å². The molecular weight excluding hydrogens is 274 g/mol. The van der Waals surface area contributed by atoms with Gasteiger partial charge in [-0.25, -0.2) is 17.9 Å². The summed E-state index contributed by atoms with van der Waals surface area (Å²) in [6, 6.07) is 3.37. The molecule has 0 aliphatic rings. The molecule has 106 valence electrons. The Hall–Kier alpha value is -1.64. The van der Waals surface area contributed by atoms with Gasteiger partial charge in [0, 0.05) is 13.7 Å². The molecule has 1 aromatic carbocycles. The number of rotatable bonds is 6. The van der Waals surface area contributed by atoms with Crippen molar-refractivity contribution in [2.24, 2.45) is 0 Å². The topological polar surface area (TPSA) is 102 Å². The Morgan fingerprint density at radius 2 is 2.05 bits per heavy atom. The third-order valence-electron chi connectivity index (χ3n) is 2.28. The molecule has 0 saturated carbocycles. The number of esters is 1. The molecule has 0 aliphatic heterocycles. The van der Waals surface area contributed by atoms with Crippen molar-refractivity contribution >= 4 is 16.0 Å². The SMILES string of the molecule is COCCNS(=O)(=O)c1ccc(O)c(C(=O)OC)c1. The monoisotopic (exact) mass is 289 g/mol. The lowest BCUT2D eigenvalue weighted by atomic mass is 10.2. The Bertz CT molecular complexity index is 554. The van der Waals surface area contributed by atoms with E-state index < -0.39 is 16.0 Å². The molecule has 0 spiro atoms. The predicted octanol–water partition coefficient (Wildman–Crippen LogP) is 0.104. The smallest absolute Gasteiger partial charge is 0.341 e. The first-order chi connectivity index (χ1) is 8.92. The Morgan fingerprint density at radius 3 is 2.63 bits per heavy atom. The molecular formula is C11H15NO6S. The minimum atomic E-state index is -3.76. The zero-order chi connectivity index (χ0) is 14.5. The van der Waals surface area contributed by atoms with Gasteiger partial charge in [0.15, 0.2) is 0 Å². The first-order valence-electron chi connectivity index (χ1n) is 5.32. The lowest BCUT2D eigenvalue weighted by molar-refractivity contribution is 0.0597. The second-order valence-corrected chi connectivity index (χ2v) is 5.33. The molecule has 0 heterocycles. The van der Waals surface area contributed by atoms with Crippen molar-refractivity contribution in [3.63, 3.8) is 0 Å². The maximum atomic E-state index is 11.9. The number of ether oxygens (including phenoxy) is 2. The van der Waals surface area contributed by atoms with E-state index in [9.17, 15) is 18.3 Å². The molecule has 0 saturated heterocycles. The molecule has 19 heavy (non-hydrogen) atoms. The minimum absolute atomic E-state index is 0.104. The summed E-state index contributed by atoms with van der Waals surface area (Å²) >= 11 is 0. The van der Waals surface area contributed by atoms with E-state index in [1.807, 2.05) is 0 Å². The van der Waals surface area contributed by atoms with E-state index in [4.69, 9.17) is 4.74 Å². The Labute approximate surface area is 111 Å². The van der Waals surface area contributed by atoms with Crippen LogP contribution in [0.1, 0.15) is 10.4 Å². The number of sulfonamides is 1. The minimum Gasteiger partial charge on any atom is -0.507 e. The van der Waals surface area contributed by atoms with Gasteiger partial charge in [0.05, 0.1) is 18.6 Å². The van der Waals surface area contributed by atoms with Crippen molar-refractivity contribution in [1.82, 2.24) is 4.72 Å². The van der Waals surface area contributed by atoms with E-state index >= 15 is 0 Å². The highest BCUT2D eigenvalue weighted by Crippen LogP contribution is 2.21. The zero-order valence-electron chi connectivity index (χ0n) is 10.5. The molecule has 7 nitrogen and oxygen atoms in total. The van der Waals surface area contributed by atoms with Crippen LogP contribution in [0.2, 0.25) is 0 Å². The van der Waals surface area contributed by atoms with E-state index in [2.05, 4.69) is 9.46 Å². The Kier molecular flexibility index (Phi) is 5.28. The van der Waals surface area contributed by atoms with Crippen LogP contribution in [0, 0.1) is 0 Å². The second-order valence-electron chi connectivity index (χ2n) is 3.56. The number of methoxy groups -OCH3 is 2. The molecule has 0 aromatic heterocycles. The van der Waals surface area contributed by atoms with Crippen molar-refractivity contribution in [2.45, 2.75) is 4.90 Å². The largest absolute Gasteiger partial charge is 0.507 e. The number of phenols is 1. The predicted molar refractivity (Wildman–Crippen MR) is 66.5 cm³/mol. The lowest BCUT2D eigenvalue weighted by Crippen LogP contribution is -2.27. The van der Waals surface area contributed by atoms with Crippen molar-refractivity contribution in [3.8, 4) is 5.75 Å². The van der Waals surface area contributed by atoms with Crippen LogP contribution in [0.15, 0.2) is 23.1 Å². The van der Waals surface area contributed by atoms with Gasteiger partial charge in [-0.05, 0) is 18.2 Å². The average Bonchev–Trinajstić information content (AvgIpc) is 2.38. The first kappa shape index (κ1) is 15.4. The fraction of sp³-hybridized carbons (Fsp3) is 0.364. The lowest BCUT2D eigenvalue weighted by Gasteiger charge is -2.08. The van der Waals surface area contributed by atoms with E-state index in [0.29, 0.717) is 0 Å². The number of carbonyl (C=O) groups is 1. The van der Waals surface area contributed by atoms with Crippen molar-refractivity contribution in [1.29, 1.82) is 0 Å². The quantitative estimate of drug-likeness (QED) is 0.569. The number of carbonyl (C=O) groups excluding carboxylic acids is 1. The summed E-state index contributed by atoms with van der Waals surface area (Å²) in [5, 5.41) is 9.48. The second kappa shape index (κ2) is 6.50. The van der Waals surface area contributed by atoms with Crippen LogP contribution in [-0.2, 0) is 19.5 Å². The highest BCUT2D eigenvalue weighted by molar-refractivity contribution is 7.89. The molecule has 2 N–H and O–H groups in total. The molecule has 0 bridgehead atoms. The standard InChI is InChI=1S/C11H15NO6S/c1-17-6-5-12-19(15,16)8-3-4-10(13)9(7-8)11(14)18-2/h3-4,7,12-13H,5-6H2,1-2H3. The van der Waals surface area contributed by atoms with Gasteiger partial charge in [-0.1, -0.05) is 0 Å². The maximum absolute atomic E-state index is 11.9. The Morgan fingerprint density at radius 1 is 1.37 bits per heavy atom. The summed E-state index contributed by atoms with van der Waals surface area (Å²) in [5.74, 6) is -1.16. The molecule has 0 fully saturated rings. The summed E-state index contributed by atoms with van der Waals surface area (Å²) in [7, 11) is -1.18. The molecule has 0 radical (unpaired) electrons. The maximum Gasteiger partial charge on any atom is 0.341 e. The van der Waals surface area contributed by atoms with E-state index in [1.54, 1.807) is 0 Å². The number of hydrogen-bond donors (Lipinski definition) is 2. The van der Waals surface area contributed by atoms with Gasteiger partial charge in [0.1, 0.15) is 11.3 Å². The van der Waals surface area contributed by atoms with Crippen LogP contribution in [0.25, 0.3) is 0 Å². The molecule has 1 aromatic rings. The van der Waals surface area contributed by atoms with E-state index in [-0.39, 0.29) is 29.4 Å². The van der Waals surface area contributed by atoms with Gasteiger partial charge in [-0.3, -0.25) is 0 Å². The summed E-state index contributed by atoms with van der Waals surface area (Å²) in [4.78, 5) is 11.2. The Balaban J connectivity index is 3.04. The molecule has 0 amide bonds. The molecule has 0 atom stereocenters. The number of aromatic hydroxyl groups is 1. The number of nitrogens with one attached hydrogen (secondary N) is 1. The normalized spacial score (nSPS) is 11.3. The zero-order valence-corrected chi connectivity index (χ0v) is 11.4. The van der Waals surface area contributed by atoms with Gasteiger partial charge in [-0.15, -0.1) is 0 Å². The van der Waals surface area contributed by atoms with Gasteiger partial charge >= 0.3 is 5.97 Å². The average molecular weight is 289 g/mol. The van der Waals surface area contributed by atoms with Crippen LogP contribution in [0.5, 0.6) is 5.75 Å².